The summed E-state index contributed by atoms with van der Waals surface area (Å²) in [4.78, 5) is 20.8. The highest BCUT2D eigenvalue weighted by atomic mass is 35.5. The second-order valence-corrected chi connectivity index (χ2v) is 7.87. The average Bonchev–Trinajstić information content (AvgIpc) is 2.74. The Balaban J connectivity index is 1.47. The number of phenolic OH excluding ortho intramolecular Hbond substituents is 1. The molecule has 0 unspecified atom stereocenters. The smallest absolute Gasteiger partial charge is 0.317 e. The van der Waals surface area contributed by atoms with Crippen molar-refractivity contribution in [3.8, 4) is 5.75 Å². The molecule has 1 aliphatic rings. The molecular formula is C22H24ClN5O2. The van der Waals surface area contributed by atoms with E-state index in [2.05, 4.69) is 20.5 Å². The summed E-state index contributed by atoms with van der Waals surface area (Å²) < 4.78 is 0. The molecule has 7 nitrogen and oxygen atoms in total. The number of likely N-dealkylation sites (N-methyl/N-ethyl adjacent to an activating group) is 1. The van der Waals surface area contributed by atoms with E-state index in [0.29, 0.717) is 23.7 Å². The van der Waals surface area contributed by atoms with Gasteiger partial charge in [0.2, 0.25) is 0 Å². The number of piperazine rings is 1. The lowest BCUT2D eigenvalue weighted by molar-refractivity contribution is 0.154. The van der Waals surface area contributed by atoms with Crippen LogP contribution in [0.1, 0.15) is 5.56 Å². The predicted molar refractivity (Wildman–Crippen MR) is 119 cm³/mol. The number of aromatic nitrogens is 1. The van der Waals surface area contributed by atoms with Gasteiger partial charge in [0, 0.05) is 66.3 Å². The van der Waals surface area contributed by atoms with E-state index < -0.39 is 0 Å². The minimum absolute atomic E-state index is 0.113. The number of aromatic hydroxyl groups is 1. The number of amides is 2. The van der Waals surface area contributed by atoms with Gasteiger partial charge in [-0.3, -0.25) is 4.98 Å². The van der Waals surface area contributed by atoms with Crippen LogP contribution in [0.3, 0.4) is 0 Å². The molecule has 0 saturated carbocycles. The molecule has 1 fully saturated rings. The lowest BCUT2D eigenvalue weighted by Crippen LogP contribution is -2.50. The Labute approximate surface area is 180 Å². The number of rotatable bonds is 4. The topological polar surface area (TPSA) is 80.7 Å². The molecule has 2 heterocycles. The van der Waals surface area contributed by atoms with E-state index >= 15 is 0 Å². The summed E-state index contributed by atoms with van der Waals surface area (Å²) >= 11 is 6.06. The number of nitrogens with zero attached hydrogens (tertiary/aromatic N) is 3. The standard InChI is InChI=1S/C22H24ClN5O2/c1-27-8-10-28(11-9-27)22(30)25-14-15-12-17(3-5-21(15)29)26-19-6-7-24-20-13-16(23)2-4-18(19)20/h2-7,12-13,29H,8-11,14H2,1H3,(H,24,26)(H,25,30). The van der Waals surface area contributed by atoms with Crippen LogP contribution in [-0.4, -0.2) is 59.1 Å². The number of urea groups is 1. The van der Waals surface area contributed by atoms with E-state index in [0.717, 1.165) is 35.4 Å². The van der Waals surface area contributed by atoms with E-state index in [1.54, 1.807) is 23.2 Å². The molecule has 4 rings (SSSR count). The molecule has 0 bridgehead atoms. The molecule has 3 N–H and O–H groups in total. The largest absolute Gasteiger partial charge is 0.508 e. The van der Waals surface area contributed by atoms with E-state index in [4.69, 9.17) is 11.6 Å². The third-order valence-electron chi connectivity index (χ3n) is 5.28. The summed E-state index contributed by atoms with van der Waals surface area (Å²) in [5.41, 5.74) is 3.13. The molecule has 0 radical (unpaired) electrons. The van der Waals surface area contributed by atoms with E-state index in [9.17, 15) is 9.90 Å². The molecular weight excluding hydrogens is 402 g/mol. The van der Waals surface area contributed by atoms with Gasteiger partial charge in [-0.05, 0) is 49.5 Å². The van der Waals surface area contributed by atoms with Crippen molar-refractivity contribution in [2.75, 3.05) is 38.5 Å². The molecule has 0 aliphatic carbocycles. The number of halogens is 1. The summed E-state index contributed by atoms with van der Waals surface area (Å²) in [5.74, 6) is 0.144. The van der Waals surface area contributed by atoms with Gasteiger partial charge in [0.05, 0.1) is 5.52 Å². The highest BCUT2D eigenvalue weighted by molar-refractivity contribution is 6.31. The zero-order chi connectivity index (χ0) is 21.1. The van der Waals surface area contributed by atoms with Gasteiger partial charge in [-0.15, -0.1) is 0 Å². The maximum atomic E-state index is 12.4. The SMILES string of the molecule is CN1CCN(C(=O)NCc2cc(Nc3ccnc4cc(Cl)ccc34)ccc2O)CC1. The van der Waals surface area contributed by atoms with Gasteiger partial charge in [0.1, 0.15) is 5.75 Å². The minimum atomic E-state index is -0.113. The van der Waals surface area contributed by atoms with Gasteiger partial charge in [0.15, 0.2) is 0 Å². The van der Waals surface area contributed by atoms with Crippen LogP contribution in [-0.2, 0) is 6.54 Å². The van der Waals surface area contributed by atoms with Crippen molar-refractivity contribution in [1.29, 1.82) is 0 Å². The van der Waals surface area contributed by atoms with Crippen LogP contribution >= 0.6 is 11.6 Å². The van der Waals surface area contributed by atoms with Crippen molar-refractivity contribution in [3.05, 3.63) is 59.2 Å². The summed E-state index contributed by atoms with van der Waals surface area (Å²) in [5, 5.41) is 18.1. The zero-order valence-electron chi connectivity index (χ0n) is 16.7. The predicted octanol–water partition coefficient (Wildman–Crippen LogP) is 3.79. The molecule has 0 atom stereocenters. The van der Waals surface area contributed by atoms with Gasteiger partial charge in [-0.2, -0.15) is 0 Å². The third kappa shape index (κ3) is 4.58. The fourth-order valence-electron chi connectivity index (χ4n) is 3.48. The Morgan fingerprint density at radius 2 is 1.93 bits per heavy atom. The quantitative estimate of drug-likeness (QED) is 0.554. The van der Waals surface area contributed by atoms with Crippen molar-refractivity contribution in [1.82, 2.24) is 20.1 Å². The maximum Gasteiger partial charge on any atom is 0.317 e. The van der Waals surface area contributed by atoms with Crippen molar-refractivity contribution >= 4 is 39.9 Å². The number of fused-ring (bicyclic) bond motifs is 1. The molecule has 2 aromatic carbocycles. The molecule has 1 aromatic heterocycles. The zero-order valence-corrected chi connectivity index (χ0v) is 17.5. The van der Waals surface area contributed by atoms with Gasteiger partial charge in [-0.1, -0.05) is 11.6 Å². The Kier molecular flexibility index (Phi) is 5.92. The van der Waals surface area contributed by atoms with E-state index in [-0.39, 0.29) is 18.3 Å². The highest BCUT2D eigenvalue weighted by Gasteiger charge is 2.19. The first-order chi connectivity index (χ1) is 14.5. The van der Waals surface area contributed by atoms with Crippen molar-refractivity contribution in [3.63, 3.8) is 0 Å². The normalized spacial score (nSPS) is 14.7. The average molecular weight is 426 g/mol. The second kappa shape index (κ2) is 8.77. The van der Waals surface area contributed by atoms with Gasteiger partial charge >= 0.3 is 6.03 Å². The third-order valence-corrected chi connectivity index (χ3v) is 5.52. The molecule has 0 spiro atoms. The first-order valence-corrected chi connectivity index (χ1v) is 10.2. The number of benzene rings is 2. The van der Waals surface area contributed by atoms with Crippen LogP contribution in [0.25, 0.3) is 10.9 Å². The lowest BCUT2D eigenvalue weighted by atomic mass is 10.1. The van der Waals surface area contributed by atoms with Crippen LogP contribution in [0.2, 0.25) is 5.02 Å². The lowest BCUT2D eigenvalue weighted by Gasteiger charge is -2.32. The number of anilines is 2. The summed E-state index contributed by atoms with van der Waals surface area (Å²) in [6.45, 7) is 3.38. The Hall–Kier alpha value is -3.03. The molecule has 1 aliphatic heterocycles. The fourth-order valence-corrected chi connectivity index (χ4v) is 3.65. The number of carbonyl (C=O) groups excluding carboxylic acids is 1. The first-order valence-electron chi connectivity index (χ1n) is 9.84. The maximum absolute atomic E-state index is 12.4. The second-order valence-electron chi connectivity index (χ2n) is 7.44. The van der Waals surface area contributed by atoms with Crippen LogP contribution < -0.4 is 10.6 Å². The number of hydrogen-bond donors (Lipinski definition) is 3. The molecule has 30 heavy (non-hydrogen) atoms. The number of nitrogens with one attached hydrogen (secondary N) is 2. The number of pyridine rings is 1. The van der Waals surface area contributed by atoms with Crippen molar-refractivity contribution < 1.29 is 9.90 Å². The fraction of sp³-hybridized carbons (Fsp3) is 0.273. The molecule has 1 saturated heterocycles. The highest BCUT2D eigenvalue weighted by Crippen LogP contribution is 2.29. The molecule has 3 aromatic rings. The minimum Gasteiger partial charge on any atom is -0.508 e. The van der Waals surface area contributed by atoms with Crippen LogP contribution in [0.15, 0.2) is 48.7 Å². The molecule has 156 valence electrons. The number of carbonyl (C=O) groups is 1. The molecule has 2 amide bonds. The molecule has 8 heteroatoms. The van der Waals surface area contributed by atoms with E-state index in [1.807, 2.05) is 37.4 Å². The summed E-state index contributed by atoms with van der Waals surface area (Å²) in [6.07, 6.45) is 1.72. The van der Waals surface area contributed by atoms with Gasteiger partial charge in [-0.25, -0.2) is 4.79 Å². The van der Waals surface area contributed by atoms with Crippen LogP contribution in [0.5, 0.6) is 5.75 Å². The van der Waals surface area contributed by atoms with Gasteiger partial charge < -0.3 is 25.5 Å². The number of phenols is 1. The van der Waals surface area contributed by atoms with Crippen molar-refractivity contribution in [2.45, 2.75) is 6.54 Å². The van der Waals surface area contributed by atoms with Crippen LogP contribution in [0, 0.1) is 0 Å². The van der Waals surface area contributed by atoms with Crippen molar-refractivity contribution in [2.24, 2.45) is 0 Å². The Morgan fingerprint density at radius 3 is 2.73 bits per heavy atom. The van der Waals surface area contributed by atoms with Gasteiger partial charge in [0.25, 0.3) is 0 Å². The van der Waals surface area contributed by atoms with E-state index in [1.165, 1.54) is 0 Å². The Morgan fingerprint density at radius 1 is 1.13 bits per heavy atom. The van der Waals surface area contributed by atoms with Crippen LogP contribution in [0.4, 0.5) is 16.2 Å². The summed E-state index contributed by atoms with van der Waals surface area (Å²) in [7, 11) is 2.05. The Bertz CT molecular complexity index is 1070. The summed E-state index contributed by atoms with van der Waals surface area (Å²) in [6, 6.07) is 12.6. The monoisotopic (exact) mass is 425 g/mol. The first kappa shape index (κ1) is 20.3. The number of hydrogen-bond acceptors (Lipinski definition) is 5.